The molecule has 0 aromatic heterocycles. The molecule has 1 aromatic carbocycles. The van der Waals surface area contributed by atoms with Gasteiger partial charge in [-0.3, -0.25) is 4.79 Å². The summed E-state index contributed by atoms with van der Waals surface area (Å²) in [5, 5.41) is 2.27. The topological polar surface area (TPSA) is 55.1 Å². The van der Waals surface area contributed by atoms with Crippen molar-refractivity contribution in [2.45, 2.75) is 18.4 Å². The molecule has 0 saturated heterocycles. The van der Waals surface area contributed by atoms with Gasteiger partial charge in [-0.1, -0.05) is 0 Å². The minimum absolute atomic E-state index is 0.0167. The monoisotopic (exact) mass is 300 g/mol. The molecule has 0 aliphatic heterocycles. The van der Waals surface area contributed by atoms with Crippen molar-refractivity contribution < 1.29 is 31.1 Å². The highest BCUT2D eigenvalue weighted by atomic mass is 19.4. The highest BCUT2D eigenvalue weighted by Crippen LogP contribution is 2.37. The van der Waals surface area contributed by atoms with Crippen LogP contribution in [-0.4, -0.2) is 13.0 Å². The number of carbonyl (C=O) groups excluding carboxylic acids is 1. The van der Waals surface area contributed by atoms with Crippen LogP contribution in [0.2, 0.25) is 0 Å². The molecule has 1 atom stereocenters. The quantitative estimate of drug-likeness (QED) is 0.843. The van der Waals surface area contributed by atoms with E-state index in [2.05, 4.69) is 5.32 Å². The molecule has 0 spiro atoms. The molecule has 1 rings (SSSR count). The molecule has 1 amide bonds. The summed E-state index contributed by atoms with van der Waals surface area (Å²) >= 11 is 0. The van der Waals surface area contributed by atoms with E-state index >= 15 is 0 Å². The van der Waals surface area contributed by atoms with Crippen LogP contribution in [0.1, 0.15) is 22.7 Å². The van der Waals surface area contributed by atoms with Gasteiger partial charge in [0.2, 0.25) is 5.91 Å². The first-order valence-electron chi connectivity index (χ1n) is 5.22. The van der Waals surface area contributed by atoms with E-state index < -0.39 is 41.0 Å². The van der Waals surface area contributed by atoms with Gasteiger partial charge in [-0.05, 0) is 30.8 Å². The Morgan fingerprint density at radius 3 is 1.70 bits per heavy atom. The van der Waals surface area contributed by atoms with Gasteiger partial charge >= 0.3 is 12.4 Å². The third-order valence-electron chi connectivity index (χ3n) is 2.52. The zero-order valence-electron chi connectivity index (χ0n) is 10.1. The van der Waals surface area contributed by atoms with Crippen LogP contribution in [0.4, 0.5) is 26.3 Å². The van der Waals surface area contributed by atoms with Crippen LogP contribution in [0.3, 0.4) is 0 Å². The first-order chi connectivity index (χ1) is 8.96. The Morgan fingerprint density at radius 1 is 1.05 bits per heavy atom. The fraction of sp³-hybridized carbons (Fsp3) is 0.364. The Morgan fingerprint density at radius 2 is 1.45 bits per heavy atom. The fourth-order valence-corrected chi connectivity index (χ4v) is 1.62. The van der Waals surface area contributed by atoms with E-state index in [1.54, 1.807) is 0 Å². The van der Waals surface area contributed by atoms with E-state index in [1.807, 2.05) is 0 Å². The van der Waals surface area contributed by atoms with E-state index in [1.165, 1.54) is 7.05 Å². The minimum Gasteiger partial charge on any atom is -0.368 e. The van der Waals surface area contributed by atoms with Gasteiger partial charge in [0.25, 0.3) is 0 Å². The molecule has 1 unspecified atom stereocenters. The molecule has 1 aromatic rings. The second-order valence-corrected chi connectivity index (χ2v) is 3.96. The molecule has 9 heteroatoms. The second kappa shape index (κ2) is 5.31. The summed E-state index contributed by atoms with van der Waals surface area (Å²) in [6.07, 6.45) is -9.93. The number of amides is 1. The number of nitrogens with one attached hydrogen (secondary N) is 1. The van der Waals surface area contributed by atoms with Crippen molar-refractivity contribution in [2.75, 3.05) is 7.05 Å². The summed E-state index contributed by atoms with van der Waals surface area (Å²) < 4.78 is 75.6. The Bertz CT molecular complexity index is 476. The number of primary amides is 1. The van der Waals surface area contributed by atoms with Crippen molar-refractivity contribution in [3.8, 4) is 0 Å². The summed E-state index contributed by atoms with van der Waals surface area (Å²) in [7, 11) is 1.20. The first-order valence-corrected chi connectivity index (χ1v) is 5.22. The molecule has 0 fully saturated rings. The molecule has 0 aliphatic carbocycles. The van der Waals surface area contributed by atoms with Crippen molar-refractivity contribution in [1.29, 1.82) is 0 Å². The minimum atomic E-state index is -4.97. The standard InChI is InChI=1S/C11H10F6N2O/c1-19-8(9(18)20)5-2-6(10(12,13)14)4-7(3-5)11(15,16)17/h2-4,8,19H,1H3,(H2,18,20). The third kappa shape index (κ3) is 3.62. The number of hydrogen-bond donors (Lipinski definition) is 2. The highest BCUT2D eigenvalue weighted by molar-refractivity contribution is 5.81. The Kier molecular flexibility index (Phi) is 4.33. The molecule has 0 radical (unpaired) electrons. The first kappa shape index (κ1) is 16.3. The summed E-state index contributed by atoms with van der Waals surface area (Å²) in [5.41, 5.74) is 1.44. The van der Waals surface area contributed by atoms with Gasteiger partial charge in [0.05, 0.1) is 11.1 Å². The summed E-state index contributed by atoms with van der Waals surface area (Å²) in [6.45, 7) is 0. The van der Waals surface area contributed by atoms with Crippen LogP contribution in [-0.2, 0) is 17.1 Å². The average molecular weight is 300 g/mol. The molecule has 0 bridgehead atoms. The van der Waals surface area contributed by atoms with Crippen molar-refractivity contribution in [2.24, 2.45) is 5.73 Å². The third-order valence-corrected chi connectivity index (χ3v) is 2.52. The van der Waals surface area contributed by atoms with Gasteiger partial charge in [-0.25, -0.2) is 0 Å². The van der Waals surface area contributed by atoms with E-state index in [0.717, 1.165) is 0 Å². The highest BCUT2D eigenvalue weighted by Gasteiger charge is 2.37. The Labute approximate surface area is 109 Å². The molecular formula is C11H10F6N2O. The molecule has 20 heavy (non-hydrogen) atoms. The van der Waals surface area contributed by atoms with Crippen molar-refractivity contribution in [3.63, 3.8) is 0 Å². The van der Waals surface area contributed by atoms with Crippen LogP contribution in [0.5, 0.6) is 0 Å². The number of carbonyl (C=O) groups is 1. The predicted octanol–water partition coefficient (Wildman–Crippen LogP) is 2.47. The van der Waals surface area contributed by atoms with Gasteiger partial charge in [-0.15, -0.1) is 0 Å². The summed E-state index contributed by atoms with van der Waals surface area (Å²) in [5.74, 6) is -1.08. The van der Waals surface area contributed by atoms with E-state index in [9.17, 15) is 31.1 Å². The van der Waals surface area contributed by atoms with Gasteiger partial charge in [0.1, 0.15) is 6.04 Å². The van der Waals surface area contributed by atoms with Gasteiger partial charge in [0.15, 0.2) is 0 Å². The zero-order valence-corrected chi connectivity index (χ0v) is 10.1. The number of hydrogen-bond acceptors (Lipinski definition) is 2. The van der Waals surface area contributed by atoms with Crippen molar-refractivity contribution in [3.05, 3.63) is 34.9 Å². The van der Waals surface area contributed by atoms with Crippen molar-refractivity contribution in [1.82, 2.24) is 5.32 Å². The number of nitrogens with two attached hydrogens (primary N) is 1. The fourth-order valence-electron chi connectivity index (χ4n) is 1.62. The van der Waals surface area contributed by atoms with E-state index in [-0.39, 0.29) is 6.07 Å². The molecule has 112 valence electrons. The number of benzene rings is 1. The number of rotatable bonds is 3. The SMILES string of the molecule is CNC(C(N)=O)c1cc(C(F)(F)F)cc(C(F)(F)F)c1. The van der Waals surface area contributed by atoms with Crippen LogP contribution in [0.25, 0.3) is 0 Å². The number of halogens is 6. The van der Waals surface area contributed by atoms with Crippen LogP contribution >= 0.6 is 0 Å². The lowest BCUT2D eigenvalue weighted by Gasteiger charge is -2.18. The predicted molar refractivity (Wildman–Crippen MR) is 57.4 cm³/mol. The normalized spacial score (nSPS) is 14.2. The molecule has 0 heterocycles. The number of likely N-dealkylation sites (N-methyl/N-ethyl adjacent to an activating group) is 1. The maximum Gasteiger partial charge on any atom is 0.416 e. The maximum absolute atomic E-state index is 12.6. The van der Waals surface area contributed by atoms with Gasteiger partial charge in [0, 0.05) is 0 Å². The van der Waals surface area contributed by atoms with Crippen LogP contribution < -0.4 is 11.1 Å². The molecular weight excluding hydrogens is 290 g/mol. The zero-order chi connectivity index (χ0) is 15.7. The van der Waals surface area contributed by atoms with Crippen molar-refractivity contribution >= 4 is 5.91 Å². The lowest BCUT2D eigenvalue weighted by molar-refractivity contribution is -0.143. The van der Waals surface area contributed by atoms with Gasteiger partial charge in [-0.2, -0.15) is 26.3 Å². The van der Waals surface area contributed by atoms with Gasteiger partial charge < -0.3 is 11.1 Å². The second-order valence-electron chi connectivity index (χ2n) is 3.96. The maximum atomic E-state index is 12.6. The van der Waals surface area contributed by atoms with E-state index in [0.29, 0.717) is 12.1 Å². The lowest BCUT2D eigenvalue weighted by atomic mass is 9.99. The molecule has 3 N–H and O–H groups in total. The largest absolute Gasteiger partial charge is 0.416 e. The van der Waals surface area contributed by atoms with Crippen LogP contribution in [0, 0.1) is 0 Å². The molecule has 3 nitrogen and oxygen atoms in total. The smallest absolute Gasteiger partial charge is 0.368 e. The summed E-state index contributed by atoms with van der Waals surface area (Å²) in [6, 6.07) is -0.544. The Hall–Kier alpha value is -1.77. The molecule has 0 aliphatic rings. The Balaban J connectivity index is 3.49. The van der Waals surface area contributed by atoms with Crippen LogP contribution in [0.15, 0.2) is 18.2 Å². The lowest BCUT2D eigenvalue weighted by Crippen LogP contribution is -2.31. The summed E-state index contributed by atoms with van der Waals surface area (Å²) in [4.78, 5) is 11.1. The van der Waals surface area contributed by atoms with E-state index in [4.69, 9.17) is 5.73 Å². The number of alkyl halides is 6. The molecule has 0 saturated carbocycles. The average Bonchev–Trinajstić information content (AvgIpc) is 2.26.